The lowest BCUT2D eigenvalue weighted by Gasteiger charge is -2.33. The van der Waals surface area contributed by atoms with E-state index < -0.39 is 0 Å². The Labute approximate surface area is 116 Å². The normalized spacial score (nSPS) is 21.5. The summed E-state index contributed by atoms with van der Waals surface area (Å²) in [5, 5.41) is 9.64. The van der Waals surface area contributed by atoms with Gasteiger partial charge in [0.1, 0.15) is 0 Å². The number of rotatable bonds is 3. The number of aliphatic hydroxyl groups excluding tert-OH is 1. The Kier molecular flexibility index (Phi) is 3.79. The van der Waals surface area contributed by atoms with Crippen LogP contribution < -0.4 is 4.90 Å². The van der Waals surface area contributed by atoms with Crippen molar-refractivity contribution in [3.05, 3.63) is 29.3 Å². The molecule has 3 rings (SSSR count). The van der Waals surface area contributed by atoms with Gasteiger partial charge in [-0.25, -0.2) is 0 Å². The number of nitrogens with zero attached hydrogens (tertiary/aromatic N) is 1. The number of hydrogen-bond acceptors (Lipinski definition) is 2. The van der Waals surface area contributed by atoms with E-state index in [0.29, 0.717) is 0 Å². The van der Waals surface area contributed by atoms with E-state index in [1.54, 1.807) is 0 Å². The molecule has 0 spiro atoms. The van der Waals surface area contributed by atoms with Crippen LogP contribution in [0.2, 0.25) is 0 Å². The SMILES string of the molecule is CC(O)Cc1cccc2c1CCN2C1CCCCC1. The van der Waals surface area contributed by atoms with Crippen molar-refractivity contribution < 1.29 is 5.11 Å². The number of benzene rings is 1. The van der Waals surface area contributed by atoms with Crippen LogP contribution in [0.15, 0.2) is 18.2 Å². The molecule has 104 valence electrons. The van der Waals surface area contributed by atoms with Gasteiger partial charge in [-0.3, -0.25) is 0 Å². The van der Waals surface area contributed by atoms with Gasteiger partial charge < -0.3 is 10.0 Å². The highest BCUT2D eigenvalue weighted by Crippen LogP contribution is 2.36. The second-order valence-corrected chi connectivity index (χ2v) is 6.20. The standard InChI is InChI=1S/C17H25NO/c1-13(19)12-14-6-5-9-17-16(14)10-11-18(17)15-7-3-2-4-8-15/h5-6,9,13,15,19H,2-4,7-8,10-12H2,1H3. The fraction of sp³-hybridized carbons (Fsp3) is 0.647. The minimum Gasteiger partial charge on any atom is -0.393 e. The average Bonchev–Trinajstić information content (AvgIpc) is 2.84. The minimum atomic E-state index is -0.241. The molecule has 1 aromatic rings. The van der Waals surface area contributed by atoms with Gasteiger partial charge in [0.15, 0.2) is 0 Å². The Hall–Kier alpha value is -1.02. The molecule has 0 aromatic heterocycles. The summed E-state index contributed by atoms with van der Waals surface area (Å²) in [7, 11) is 0. The van der Waals surface area contributed by atoms with Crippen molar-refractivity contribution in [2.24, 2.45) is 0 Å². The largest absolute Gasteiger partial charge is 0.393 e. The highest BCUT2D eigenvalue weighted by atomic mass is 16.3. The summed E-state index contributed by atoms with van der Waals surface area (Å²) >= 11 is 0. The summed E-state index contributed by atoms with van der Waals surface area (Å²) in [6, 6.07) is 7.40. The molecule has 1 unspecified atom stereocenters. The van der Waals surface area contributed by atoms with E-state index >= 15 is 0 Å². The second kappa shape index (κ2) is 5.54. The van der Waals surface area contributed by atoms with Crippen LogP contribution in [0.25, 0.3) is 0 Å². The first-order valence-corrected chi connectivity index (χ1v) is 7.81. The summed E-state index contributed by atoms with van der Waals surface area (Å²) in [5.41, 5.74) is 4.30. The second-order valence-electron chi connectivity index (χ2n) is 6.20. The van der Waals surface area contributed by atoms with E-state index in [1.807, 2.05) is 6.92 Å². The van der Waals surface area contributed by atoms with E-state index in [4.69, 9.17) is 0 Å². The van der Waals surface area contributed by atoms with Crippen LogP contribution >= 0.6 is 0 Å². The molecule has 1 aliphatic carbocycles. The topological polar surface area (TPSA) is 23.5 Å². The van der Waals surface area contributed by atoms with Gasteiger partial charge in [0.2, 0.25) is 0 Å². The molecule has 0 bridgehead atoms. The van der Waals surface area contributed by atoms with Crippen molar-refractivity contribution in [1.29, 1.82) is 0 Å². The predicted octanol–water partition coefficient (Wildman–Crippen LogP) is 3.31. The van der Waals surface area contributed by atoms with Gasteiger partial charge in [-0.2, -0.15) is 0 Å². The molecule has 0 amide bonds. The number of fused-ring (bicyclic) bond motifs is 1. The van der Waals surface area contributed by atoms with Crippen molar-refractivity contribution in [3.8, 4) is 0 Å². The van der Waals surface area contributed by atoms with Gasteiger partial charge in [-0.1, -0.05) is 31.4 Å². The molecule has 2 heteroatoms. The molecule has 1 aromatic carbocycles. The first-order valence-electron chi connectivity index (χ1n) is 7.81. The lowest BCUT2D eigenvalue weighted by Crippen LogP contribution is -2.35. The van der Waals surface area contributed by atoms with Gasteiger partial charge in [-0.05, 0) is 49.8 Å². The van der Waals surface area contributed by atoms with Gasteiger partial charge in [0.05, 0.1) is 6.10 Å². The summed E-state index contributed by atoms with van der Waals surface area (Å²) in [5.74, 6) is 0. The van der Waals surface area contributed by atoms with E-state index in [-0.39, 0.29) is 6.10 Å². The smallest absolute Gasteiger partial charge is 0.0552 e. The molecule has 1 N–H and O–H groups in total. The molecule has 1 saturated carbocycles. The summed E-state index contributed by atoms with van der Waals surface area (Å²) < 4.78 is 0. The monoisotopic (exact) mass is 259 g/mol. The first kappa shape index (κ1) is 13.0. The van der Waals surface area contributed by atoms with Crippen LogP contribution in [0.3, 0.4) is 0 Å². The summed E-state index contributed by atoms with van der Waals surface area (Å²) in [4.78, 5) is 2.64. The van der Waals surface area contributed by atoms with Gasteiger partial charge in [0, 0.05) is 18.3 Å². The van der Waals surface area contributed by atoms with E-state index in [1.165, 1.54) is 55.5 Å². The molecule has 19 heavy (non-hydrogen) atoms. The zero-order valence-corrected chi connectivity index (χ0v) is 11.9. The van der Waals surface area contributed by atoms with E-state index in [0.717, 1.165) is 18.9 Å². The third-order valence-electron chi connectivity index (χ3n) is 4.69. The van der Waals surface area contributed by atoms with E-state index in [9.17, 15) is 5.11 Å². The van der Waals surface area contributed by atoms with Crippen LogP contribution in [-0.2, 0) is 12.8 Å². The molecule has 2 nitrogen and oxygen atoms in total. The lowest BCUT2D eigenvalue weighted by molar-refractivity contribution is 0.195. The third-order valence-corrected chi connectivity index (χ3v) is 4.69. The summed E-state index contributed by atoms with van der Waals surface area (Å²) in [6.45, 7) is 3.06. The van der Waals surface area contributed by atoms with Gasteiger partial charge in [0.25, 0.3) is 0 Å². The fourth-order valence-corrected chi connectivity index (χ4v) is 3.81. The Morgan fingerprint density at radius 3 is 2.79 bits per heavy atom. The highest BCUT2D eigenvalue weighted by molar-refractivity contribution is 5.61. The molecule has 1 aliphatic heterocycles. The number of hydrogen-bond donors (Lipinski definition) is 1. The molecule has 1 fully saturated rings. The Morgan fingerprint density at radius 1 is 1.26 bits per heavy atom. The molecular weight excluding hydrogens is 234 g/mol. The van der Waals surface area contributed by atoms with Crippen LogP contribution in [0.4, 0.5) is 5.69 Å². The maximum atomic E-state index is 9.64. The van der Waals surface area contributed by atoms with Crippen molar-refractivity contribution >= 4 is 5.69 Å². The third kappa shape index (κ3) is 2.64. The average molecular weight is 259 g/mol. The van der Waals surface area contributed by atoms with Crippen LogP contribution in [0, 0.1) is 0 Å². The number of aliphatic hydroxyl groups is 1. The maximum absolute atomic E-state index is 9.64. The van der Waals surface area contributed by atoms with Crippen LogP contribution in [-0.4, -0.2) is 23.8 Å². The van der Waals surface area contributed by atoms with Gasteiger partial charge >= 0.3 is 0 Å². The van der Waals surface area contributed by atoms with Crippen molar-refractivity contribution in [2.45, 2.75) is 64.0 Å². The minimum absolute atomic E-state index is 0.241. The Morgan fingerprint density at radius 2 is 2.05 bits per heavy atom. The van der Waals surface area contributed by atoms with Crippen LogP contribution in [0.5, 0.6) is 0 Å². The molecular formula is C17H25NO. The maximum Gasteiger partial charge on any atom is 0.0552 e. The summed E-state index contributed by atoms with van der Waals surface area (Å²) in [6.07, 6.45) is 8.64. The lowest BCUT2D eigenvalue weighted by atomic mass is 9.94. The Balaban J connectivity index is 1.83. The zero-order chi connectivity index (χ0) is 13.2. The fourth-order valence-electron chi connectivity index (χ4n) is 3.81. The zero-order valence-electron chi connectivity index (χ0n) is 11.9. The van der Waals surface area contributed by atoms with Crippen molar-refractivity contribution in [2.75, 3.05) is 11.4 Å². The molecule has 0 saturated heterocycles. The first-order chi connectivity index (χ1) is 9.25. The van der Waals surface area contributed by atoms with Crippen LogP contribution in [0.1, 0.15) is 50.2 Å². The predicted molar refractivity (Wildman–Crippen MR) is 79.7 cm³/mol. The quantitative estimate of drug-likeness (QED) is 0.900. The highest BCUT2D eigenvalue weighted by Gasteiger charge is 2.28. The number of anilines is 1. The molecule has 2 aliphatic rings. The van der Waals surface area contributed by atoms with Crippen molar-refractivity contribution in [3.63, 3.8) is 0 Å². The Bertz CT molecular complexity index is 435. The van der Waals surface area contributed by atoms with Gasteiger partial charge in [-0.15, -0.1) is 0 Å². The van der Waals surface area contributed by atoms with Crippen molar-refractivity contribution in [1.82, 2.24) is 0 Å². The molecule has 1 heterocycles. The molecule has 1 atom stereocenters. The van der Waals surface area contributed by atoms with E-state index in [2.05, 4.69) is 23.1 Å². The molecule has 0 radical (unpaired) electrons.